The molecule has 0 spiro atoms. The molecule has 4 atom stereocenters. The molecule has 11 heteroatoms. The van der Waals surface area contributed by atoms with Gasteiger partial charge in [-0.1, -0.05) is 46.9 Å². The van der Waals surface area contributed by atoms with Crippen LogP contribution in [0.3, 0.4) is 0 Å². The normalized spacial score (nSPS) is 23.0. The lowest BCUT2D eigenvalue weighted by atomic mass is 9.83. The summed E-state index contributed by atoms with van der Waals surface area (Å²) in [6, 6.07) is 10.9. The van der Waals surface area contributed by atoms with Gasteiger partial charge in [-0.15, -0.1) is 0 Å². The second-order valence-corrected chi connectivity index (χ2v) is 10.3. The summed E-state index contributed by atoms with van der Waals surface area (Å²) in [6.07, 6.45) is -0.00742. The SMILES string of the molecule is O=C(N[C@H](N1C[C@H]2C[C@H](C1)c1cccc(=O)n1C2)C(Cl)(Cl)Cl)c1cccc([NH+]([O-])O)c1. The Hall–Kier alpha value is -1.65. The zero-order valence-electron chi connectivity index (χ0n) is 16.3. The molecule has 3 N–H and O–H groups in total. The van der Waals surface area contributed by atoms with Gasteiger partial charge in [0.1, 0.15) is 6.17 Å². The van der Waals surface area contributed by atoms with E-state index in [4.69, 9.17) is 34.8 Å². The monoisotopic (exact) mass is 486 g/mol. The number of fused-ring (bicyclic) bond motifs is 4. The molecular weight excluding hydrogens is 467 g/mol. The van der Waals surface area contributed by atoms with E-state index in [2.05, 4.69) is 5.32 Å². The number of likely N-dealkylation sites (tertiary alicyclic amines) is 1. The van der Waals surface area contributed by atoms with Crippen LogP contribution >= 0.6 is 34.8 Å². The Morgan fingerprint density at radius 3 is 2.65 bits per heavy atom. The first-order valence-electron chi connectivity index (χ1n) is 9.78. The minimum atomic E-state index is -1.82. The number of piperidine rings is 1. The van der Waals surface area contributed by atoms with Crippen LogP contribution < -0.4 is 16.1 Å². The maximum Gasteiger partial charge on any atom is 0.252 e. The largest absolute Gasteiger partial charge is 0.595 e. The summed E-state index contributed by atoms with van der Waals surface area (Å²) in [5, 5.41) is 22.0. The number of carbonyl (C=O) groups excluding carboxylic acids is 1. The maximum atomic E-state index is 12.9. The quantitative estimate of drug-likeness (QED) is 0.451. The molecule has 0 aliphatic carbocycles. The fourth-order valence-corrected chi connectivity index (χ4v) is 5.10. The van der Waals surface area contributed by atoms with Gasteiger partial charge in [0, 0.05) is 55.0 Å². The van der Waals surface area contributed by atoms with Gasteiger partial charge in [-0.05, 0) is 24.5 Å². The summed E-state index contributed by atoms with van der Waals surface area (Å²) in [5.41, 5.74) is 1.07. The van der Waals surface area contributed by atoms with Crippen LogP contribution in [0.25, 0.3) is 0 Å². The minimum absolute atomic E-state index is 0.00682. The van der Waals surface area contributed by atoms with Crippen molar-refractivity contribution >= 4 is 46.4 Å². The number of nitrogens with one attached hydrogen (secondary N) is 2. The van der Waals surface area contributed by atoms with Crippen molar-refractivity contribution in [3.05, 3.63) is 69.3 Å². The number of amides is 1. The van der Waals surface area contributed by atoms with E-state index in [0.717, 1.165) is 12.1 Å². The first-order chi connectivity index (χ1) is 14.6. The Balaban J connectivity index is 1.58. The van der Waals surface area contributed by atoms with Crippen LogP contribution in [0.4, 0.5) is 5.69 Å². The highest BCUT2D eigenvalue weighted by atomic mass is 35.6. The molecule has 2 aliphatic rings. The van der Waals surface area contributed by atoms with Crippen LogP contribution in [0.5, 0.6) is 0 Å². The number of pyridine rings is 1. The van der Waals surface area contributed by atoms with Crippen LogP contribution in [-0.4, -0.2) is 43.6 Å². The number of hydrogen-bond acceptors (Lipinski definition) is 5. The van der Waals surface area contributed by atoms with Crippen LogP contribution in [0, 0.1) is 11.1 Å². The highest BCUT2D eigenvalue weighted by molar-refractivity contribution is 6.68. The van der Waals surface area contributed by atoms with Crippen LogP contribution in [0.1, 0.15) is 28.4 Å². The van der Waals surface area contributed by atoms with Gasteiger partial charge in [0.25, 0.3) is 11.5 Å². The number of quaternary nitrogens is 1. The maximum absolute atomic E-state index is 12.9. The van der Waals surface area contributed by atoms with Gasteiger partial charge in [0.2, 0.25) is 3.79 Å². The van der Waals surface area contributed by atoms with Crippen molar-refractivity contribution in [2.24, 2.45) is 5.92 Å². The van der Waals surface area contributed by atoms with Crippen molar-refractivity contribution in [1.82, 2.24) is 14.8 Å². The third-order valence-electron chi connectivity index (χ3n) is 5.82. The fraction of sp³-hybridized carbons (Fsp3) is 0.400. The Morgan fingerprint density at radius 2 is 1.94 bits per heavy atom. The van der Waals surface area contributed by atoms with E-state index >= 15 is 0 Å². The standard InChI is InChI=1S/C20H21Cl3N4O4/c21-20(22,23)19(24-18(29)13-3-1-4-15(8-13)27(30)31)25-9-12-7-14(11-25)16-5-2-6-17(28)26(16)10-12/h1-6,8,12,14,19,27,30H,7,9-11H2,(H,24,29)/t12-,14-,19-/m1/s1. The molecule has 2 aromatic rings. The third kappa shape index (κ3) is 4.75. The molecule has 1 saturated heterocycles. The van der Waals surface area contributed by atoms with Gasteiger partial charge < -0.3 is 15.1 Å². The molecule has 31 heavy (non-hydrogen) atoms. The predicted octanol–water partition coefficient (Wildman–Crippen LogP) is 1.80. The number of nitrogens with zero attached hydrogens (tertiary/aromatic N) is 2. The molecular formula is C20H21Cl3N4O4. The summed E-state index contributed by atoms with van der Waals surface area (Å²) in [5.74, 6) is -0.288. The van der Waals surface area contributed by atoms with E-state index in [0.29, 0.717) is 19.6 Å². The third-order valence-corrected chi connectivity index (χ3v) is 6.44. The van der Waals surface area contributed by atoms with Crippen LogP contribution in [0.2, 0.25) is 0 Å². The van der Waals surface area contributed by atoms with E-state index in [9.17, 15) is 20.0 Å². The second kappa shape index (κ2) is 8.71. The molecule has 166 valence electrons. The van der Waals surface area contributed by atoms with Gasteiger partial charge in [-0.2, -0.15) is 5.23 Å². The molecule has 8 nitrogen and oxygen atoms in total. The van der Waals surface area contributed by atoms with E-state index in [1.165, 1.54) is 24.3 Å². The van der Waals surface area contributed by atoms with E-state index in [-0.39, 0.29) is 28.6 Å². The fourth-order valence-electron chi connectivity index (χ4n) is 4.53. The van der Waals surface area contributed by atoms with Gasteiger partial charge in [0.05, 0.1) is 0 Å². The van der Waals surface area contributed by atoms with Crippen molar-refractivity contribution in [1.29, 1.82) is 0 Å². The number of hydrogen-bond donors (Lipinski definition) is 3. The van der Waals surface area contributed by atoms with Crippen molar-refractivity contribution in [2.75, 3.05) is 13.1 Å². The molecule has 1 amide bonds. The Morgan fingerprint density at radius 1 is 1.19 bits per heavy atom. The molecule has 1 aromatic heterocycles. The van der Waals surface area contributed by atoms with E-state index in [1.54, 1.807) is 16.7 Å². The molecule has 1 aromatic carbocycles. The molecule has 1 fully saturated rings. The first kappa shape index (κ1) is 22.5. The summed E-state index contributed by atoms with van der Waals surface area (Å²) < 4.78 is -0.0153. The number of rotatable bonds is 4. The number of halogens is 3. The summed E-state index contributed by atoms with van der Waals surface area (Å²) >= 11 is 18.8. The minimum Gasteiger partial charge on any atom is -0.595 e. The second-order valence-electron chi connectivity index (χ2n) is 7.96. The molecule has 2 aliphatic heterocycles. The Labute approximate surface area is 193 Å². The zero-order valence-corrected chi connectivity index (χ0v) is 18.6. The topological polar surface area (TPSA) is 102 Å². The molecule has 0 saturated carbocycles. The molecule has 3 heterocycles. The zero-order chi connectivity index (χ0) is 22.3. The number of alkyl halides is 3. The van der Waals surface area contributed by atoms with Crippen molar-refractivity contribution < 1.29 is 15.2 Å². The highest BCUT2D eigenvalue weighted by Gasteiger charge is 2.44. The lowest BCUT2D eigenvalue weighted by Crippen LogP contribution is -2.99. The lowest BCUT2D eigenvalue weighted by molar-refractivity contribution is -0.991. The van der Waals surface area contributed by atoms with Gasteiger partial charge in [-0.3, -0.25) is 14.5 Å². The van der Waals surface area contributed by atoms with E-state index < -0.39 is 21.1 Å². The van der Waals surface area contributed by atoms with Crippen LogP contribution in [0.15, 0.2) is 47.3 Å². The van der Waals surface area contributed by atoms with Crippen LogP contribution in [-0.2, 0) is 6.54 Å². The highest BCUT2D eigenvalue weighted by Crippen LogP contribution is 2.40. The molecule has 0 radical (unpaired) electrons. The van der Waals surface area contributed by atoms with Gasteiger partial charge >= 0.3 is 0 Å². The van der Waals surface area contributed by atoms with Crippen molar-refractivity contribution in [3.8, 4) is 0 Å². The molecule has 4 rings (SSSR count). The number of benzene rings is 1. The average molecular weight is 488 g/mol. The predicted molar refractivity (Wildman–Crippen MR) is 117 cm³/mol. The summed E-state index contributed by atoms with van der Waals surface area (Å²) in [7, 11) is 0. The summed E-state index contributed by atoms with van der Waals surface area (Å²) in [6.45, 7) is 1.63. The lowest BCUT2D eigenvalue weighted by Gasteiger charge is -2.47. The van der Waals surface area contributed by atoms with Gasteiger partial charge in [0.15, 0.2) is 5.69 Å². The number of carbonyl (C=O) groups is 1. The van der Waals surface area contributed by atoms with E-state index in [1.807, 2.05) is 11.0 Å². The average Bonchev–Trinajstić information content (AvgIpc) is 2.71. The molecule has 1 unspecified atom stereocenters. The van der Waals surface area contributed by atoms with Crippen molar-refractivity contribution in [3.63, 3.8) is 0 Å². The van der Waals surface area contributed by atoms with Crippen molar-refractivity contribution in [2.45, 2.75) is 28.8 Å². The summed E-state index contributed by atoms with van der Waals surface area (Å²) in [4.78, 5) is 27.0. The molecule has 2 bridgehead atoms. The Bertz CT molecular complexity index is 1040. The van der Waals surface area contributed by atoms with Gasteiger partial charge in [-0.25, -0.2) is 5.21 Å². The smallest absolute Gasteiger partial charge is 0.252 e. The number of aromatic nitrogens is 1. The Kier molecular flexibility index (Phi) is 6.33. The first-order valence-corrected chi connectivity index (χ1v) is 10.9.